The summed E-state index contributed by atoms with van der Waals surface area (Å²) in [5.41, 5.74) is 1.80. The highest BCUT2D eigenvalue weighted by molar-refractivity contribution is 6.35. The second-order valence-electron chi connectivity index (χ2n) is 7.35. The van der Waals surface area contributed by atoms with Crippen LogP contribution in [0.4, 0.5) is 0 Å². The van der Waals surface area contributed by atoms with Crippen LogP contribution in [0.25, 0.3) is 0 Å². The minimum Gasteiger partial charge on any atom is -0.484 e. The van der Waals surface area contributed by atoms with E-state index in [9.17, 15) is 9.59 Å². The van der Waals surface area contributed by atoms with Crippen molar-refractivity contribution in [2.75, 3.05) is 6.61 Å². The first-order chi connectivity index (χ1) is 14.2. The van der Waals surface area contributed by atoms with Gasteiger partial charge in [0.15, 0.2) is 6.61 Å². The zero-order valence-electron chi connectivity index (χ0n) is 17.7. The molecule has 162 valence electrons. The van der Waals surface area contributed by atoms with Gasteiger partial charge in [0.1, 0.15) is 11.8 Å². The van der Waals surface area contributed by atoms with Gasteiger partial charge in [-0.25, -0.2) is 0 Å². The topological polar surface area (TPSA) is 58.6 Å². The summed E-state index contributed by atoms with van der Waals surface area (Å²) in [6.45, 7) is 7.57. The molecule has 2 aromatic carbocycles. The number of benzene rings is 2. The van der Waals surface area contributed by atoms with Crippen molar-refractivity contribution in [2.45, 2.75) is 52.7 Å². The van der Waals surface area contributed by atoms with Crippen LogP contribution in [-0.4, -0.2) is 35.4 Å². The van der Waals surface area contributed by atoms with Crippen LogP contribution in [0.2, 0.25) is 10.0 Å². The molecule has 0 aliphatic heterocycles. The summed E-state index contributed by atoms with van der Waals surface area (Å²) >= 11 is 12.3. The molecular formula is C23H28Cl2N2O3. The van der Waals surface area contributed by atoms with E-state index in [0.29, 0.717) is 21.4 Å². The second kappa shape index (κ2) is 11.2. The normalized spacial score (nSPS) is 12.7. The maximum Gasteiger partial charge on any atom is 0.261 e. The van der Waals surface area contributed by atoms with E-state index in [-0.39, 0.29) is 31.0 Å². The van der Waals surface area contributed by atoms with Crippen LogP contribution in [0.3, 0.4) is 0 Å². The van der Waals surface area contributed by atoms with E-state index < -0.39 is 6.04 Å². The molecule has 2 atom stereocenters. The number of hydrogen-bond acceptors (Lipinski definition) is 3. The van der Waals surface area contributed by atoms with E-state index in [4.69, 9.17) is 27.9 Å². The molecule has 2 amide bonds. The Labute approximate surface area is 188 Å². The quantitative estimate of drug-likeness (QED) is 0.583. The molecule has 0 aliphatic carbocycles. The number of carbonyl (C=O) groups is 2. The lowest BCUT2D eigenvalue weighted by atomic mass is 10.1. The van der Waals surface area contributed by atoms with Crippen LogP contribution in [0.1, 0.15) is 38.3 Å². The third-order valence-electron chi connectivity index (χ3n) is 4.91. The number of rotatable bonds is 9. The highest BCUT2D eigenvalue weighted by Crippen LogP contribution is 2.23. The minimum atomic E-state index is -0.695. The van der Waals surface area contributed by atoms with E-state index >= 15 is 0 Å². The lowest BCUT2D eigenvalue weighted by molar-refractivity contribution is -0.142. The first-order valence-corrected chi connectivity index (χ1v) is 10.7. The van der Waals surface area contributed by atoms with Gasteiger partial charge in [0.05, 0.1) is 0 Å². The molecule has 0 spiro atoms. The Morgan fingerprint density at radius 3 is 2.37 bits per heavy atom. The molecule has 0 bridgehead atoms. The van der Waals surface area contributed by atoms with Gasteiger partial charge in [0, 0.05) is 22.6 Å². The van der Waals surface area contributed by atoms with E-state index in [1.54, 1.807) is 25.1 Å². The van der Waals surface area contributed by atoms with E-state index in [1.807, 2.05) is 45.0 Å². The number of hydrogen-bond donors (Lipinski definition) is 1. The molecular weight excluding hydrogens is 423 g/mol. The highest BCUT2D eigenvalue weighted by atomic mass is 35.5. The molecule has 0 heterocycles. The van der Waals surface area contributed by atoms with Gasteiger partial charge in [-0.2, -0.15) is 0 Å². The fourth-order valence-electron chi connectivity index (χ4n) is 2.74. The first kappa shape index (κ1) is 24.0. The predicted molar refractivity (Wildman–Crippen MR) is 121 cm³/mol. The second-order valence-corrected chi connectivity index (χ2v) is 8.20. The van der Waals surface area contributed by atoms with Gasteiger partial charge in [-0.05, 0) is 57.0 Å². The van der Waals surface area contributed by atoms with E-state index in [0.717, 1.165) is 12.0 Å². The molecule has 0 aliphatic rings. The Hall–Kier alpha value is -2.24. The molecule has 1 N–H and O–H groups in total. The average molecular weight is 451 g/mol. The monoisotopic (exact) mass is 450 g/mol. The van der Waals surface area contributed by atoms with Crippen molar-refractivity contribution in [3.05, 3.63) is 63.6 Å². The van der Waals surface area contributed by atoms with Crippen molar-refractivity contribution in [1.82, 2.24) is 10.2 Å². The smallest absolute Gasteiger partial charge is 0.261 e. The van der Waals surface area contributed by atoms with Crippen LogP contribution in [-0.2, 0) is 16.1 Å². The summed E-state index contributed by atoms with van der Waals surface area (Å²) < 4.78 is 5.65. The minimum absolute atomic E-state index is 0.0137. The van der Waals surface area contributed by atoms with Gasteiger partial charge >= 0.3 is 0 Å². The third-order valence-corrected chi connectivity index (χ3v) is 5.49. The number of nitrogens with one attached hydrogen (secondary N) is 1. The zero-order chi connectivity index (χ0) is 22.3. The molecule has 0 saturated heterocycles. The summed E-state index contributed by atoms with van der Waals surface area (Å²) in [6, 6.07) is 11.8. The first-order valence-electron chi connectivity index (χ1n) is 9.94. The summed E-state index contributed by atoms with van der Waals surface area (Å²) in [7, 11) is 0. The van der Waals surface area contributed by atoms with Crippen LogP contribution in [0, 0.1) is 6.92 Å². The fraction of sp³-hybridized carbons (Fsp3) is 0.391. The Morgan fingerprint density at radius 2 is 1.77 bits per heavy atom. The number of carbonyl (C=O) groups excluding carboxylic acids is 2. The van der Waals surface area contributed by atoms with Crippen molar-refractivity contribution in [1.29, 1.82) is 0 Å². The van der Waals surface area contributed by atoms with Crippen molar-refractivity contribution in [3.63, 3.8) is 0 Å². The lowest BCUT2D eigenvalue weighted by Crippen LogP contribution is -2.50. The number of aryl methyl sites for hydroxylation is 1. The van der Waals surface area contributed by atoms with Gasteiger partial charge in [-0.3, -0.25) is 9.59 Å². The summed E-state index contributed by atoms with van der Waals surface area (Å²) in [5.74, 6) is 0.0571. The van der Waals surface area contributed by atoms with Crippen molar-refractivity contribution < 1.29 is 14.3 Å². The molecule has 30 heavy (non-hydrogen) atoms. The lowest BCUT2D eigenvalue weighted by Gasteiger charge is -2.30. The van der Waals surface area contributed by atoms with Crippen molar-refractivity contribution >= 4 is 35.0 Å². The Balaban J connectivity index is 2.18. The van der Waals surface area contributed by atoms with Crippen molar-refractivity contribution in [2.24, 2.45) is 0 Å². The number of amides is 2. The molecule has 0 saturated carbocycles. The molecule has 0 unspecified atom stereocenters. The highest BCUT2D eigenvalue weighted by Gasteiger charge is 2.27. The molecule has 2 aromatic rings. The number of nitrogens with zero attached hydrogens (tertiary/aromatic N) is 1. The van der Waals surface area contributed by atoms with Gasteiger partial charge in [-0.15, -0.1) is 0 Å². The molecule has 2 rings (SSSR count). The molecule has 0 fully saturated rings. The van der Waals surface area contributed by atoms with Gasteiger partial charge in [0.25, 0.3) is 5.91 Å². The summed E-state index contributed by atoms with van der Waals surface area (Å²) in [6.07, 6.45) is 0.798. The summed E-state index contributed by atoms with van der Waals surface area (Å²) in [5, 5.41) is 3.87. The summed E-state index contributed by atoms with van der Waals surface area (Å²) in [4.78, 5) is 27.2. The Kier molecular flexibility index (Phi) is 9.00. The fourth-order valence-corrected chi connectivity index (χ4v) is 3.21. The van der Waals surface area contributed by atoms with Crippen LogP contribution >= 0.6 is 23.2 Å². The Bertz CT molecular complexity index is 871. The average Bonchev–Trinajstić information content (AvgIpc) is 2.72. The third kappa shape index (κ3) is 6.92. The zero-order valence-corrected chi connectivity index (χ0v) is 19.3. The van der Waals surface area contributed by atoms with Crippen LogP contribution in [0.15, 0.2) is 42.5 Å². The van der Waals surface area contributed by atoms with Crippen LogP contribution in [0.5, 0.6) is 5.75 Å². The Morgan fingerprint density at radius 1 is 1.10 bits per heavy atom. The SMILES string of the molecule is CC[C@@H](C)NC(=O)[C@H](C)N(Cc1ccc(Cl)cc1Cl)C(=O)COc1ccc(C)cc1. The number of ether oxygens (including phenoxy) is 1. The number of halogens is 2. The standard InChI is InChI=1S/C23H28Cl2N2O3/c1-5-16(3)26-23(29)17(4)27(13-18-8-9-19(24)12-21(18)25)22(28)14-30-20-10-6-15(2)7-11-20/h6-12,16-17H,5,13-14H2,1-4H3,(H,26,29)/t16-,17+/m1/s1. The van der Waals surface area contributed by atoms with E-state index in [1.165, 1.54) is 4.90 Å². The maximum absolute atomic E-state index is 13.0. The predicted octanol–water partition coefficient (Wildman–Crippen LogP) is 5.01. The van der Waals surface area contributed by atoms with Gasteiger partial charge in [-0.1, -0.05) is 53.9 Å². The largest absolute Gasteiger partial charge is 0.484 e. The molecule has 5 nitrogen and oxygen atoms in total. The van der Waals surface area contributed by atoms with Gasteiger partial charge in [0.2, 0.25) is 5.91 Å². The molecule has 0 aromatic heterocycles. The molecule has 0 radical (unpaired) electrons. The van der Waals surface area contributed by atoms with Crippen molar-refractivity contribution in [3.8, 4) is 5.75 Å². The van der Waals surface area contributed by atoms with E-state index in [2.05, 4.69) is 5.32 Å². The maximum atomic E-state index is 13.0. The molecule has 7 heteroatoms. The van der Waals surface area contributed by atoms with Gasteiger partial charge < -0.3 is 15.0 Å². The van der Waals surface area contributed by atoms with Crippen LogP contribution < -0.4 is 10.1 Å².